The van der Waals surface area contributed by atoms with Crippen molar-refractivity contribution in [3.63, 3.8) is 0 Å². The van der Waals surface area contributed by atoms with Gasteiger partial charge in [0.15, 0.2) is 11.5 Å². The molecular formula is C15H13ClFNO8. The van der Waals surface area contributed by atoms with Crippen LogP contribution in [0.15, 0.2) is 18.2 Å². The number of nitrogens with one attached hydrogen (secondary N) is 1. The molecule has 0 bridgehead atoms. The van der Waals surface area contributed by atoms with Crippen molar-refractivity contribution in [1.29, 1.82) is 0 Å². The Kier molecular flexibility index (Phi) is 5.14. The van der Waals surface area contributed by atoms with E-state index in [0.29, 0.717) is 0 Å². The fraction of sp³-hybridized carbons (Fsp3) is 0.133. The second-order valence-electron chi connectivity index (χ2n) is 5.20. The van der Waals surface area contributed by atoms with Crippen LogP contribution in [-0.2, 0) is 17.2 Å². The van der Waals surface area contributed by atoms with Crippen molar-refractivity contribution in [2.45, 2.75) is 12.4 Å². The highest BCUT2D eigenvalue weighted by Gasteiger charge is 2.36. The van der Waals surface area contributed by atoms with Gasteiger partial charge >= 0.3 is 11.9 Å². The van der Waals surface area contributed by atoms with E-state index in [1.807, 2.05) is 0 Å². The third-order valence-electron chi connectivity index (χ3n) is 3.40. The molecule has 0 radical (unpaired) electrons. The lowest BCUT2D eigenvalue weighted by atomic mass is 9.99. The second-order valence-corrected chi connectivity index (χ2v) is 5.61. The van der Waals surface area contributed by atoms with Crippen molar-refractivity contribution in [3.8, 4) is 17.2 Å². The van der Waals surface area contributed by atoms with Crippen LogP contribution in [0, 0.1) is 5.82 Å². The van der Waals surface area contributed by atoms with Crippen LogP contribution in [-0.4, -0.2) is 41.7 Å². The Bertz CT molecular complexity index is 861. The van der Waals surface area contributed by atoms with Gasteiger partial charge in [-0.05, 0) is 12.1 Å². The highest BCUT2D eigenvalue weighted by molar-refractivity contribution is 6.33. The first-order chi connectivity index (χ1) is 11.9. The van der Waals surface area contributed by atoms with Crippen LogP contribution in [0.5, 0.6) is 17.2 Å². The molecule has 0 spiro atoms. The minimum Gasteiger partial charge on any atom is -0.507 e. The molecule has 2 rings (SSSR count). The molecule has 0 aliphatic rings. The molecule has 0 fully saturated rings. The minimum atomic E-state index is -3.80. The van der Waals surface area contributed by atoms with Crippen LogP contribution in [0.1, 0.15) is 11.1 Å². The summed E-state index contributed by atoms with van der Waals surface area (Å²) in [6.45, 7) is 0. The molecule has 26 heavy (non-hydrogen) atoms. The van der Waals surface area contributed by atoms with Gasteiger partial charge in [0.1, 0.15) is 17.1 Å². The molecule has 0 unspecified atom stereocenters. The molecule has 0 aromatic heterocycles. The Balaban J connectivity index is 2.78. The summed E-state index contributed by atoms with van der Waals surface area (Å²) in [5.74, 6) is -10.0. The summed E-state index contributed by atoms with van der Waals surface area (Å²) in [4.78, 5) is 11.0. The minimum absolute atomic E-state index is 0.172. The number of hydrogen-bond acceptors (Lipinski definition) is 8. The van der Waals surface area contributed by atoms with Gasteiger partial charge < -0.3 is 41.1 Å². The van der Waals surface area contributed by atoms with Gasteiger partial charge in [-0.3, -0.25) is 4.79 Å². The number of carboxylic acid groups (broad SMARTS) is 1. The number of carbonyl (C=O) groups is 1. The normalized spacial score (nSPS) is 11.4. The van der Waals surface area contributed by atoms with Gasteiger partial charge in [0.2, 0.25) is 0 Å². The topological polar surface area (TPSA) is 171 Å². The standard InChI is InChI=1S/C15H13ClFNO8/c16-6-2-1-3-7(17)11(6)18-10-5(4-8(19)20)12(21)9(15(24,25)26)13(22)14(10)23/h1-3,18,21-26H,4H2,(H,19,20). The summed E-state index contributed by atoms with van der Waals surface area (Å²) < 4.78 is 13.9. The molecule has 2 aromatic carbocycles. The zero-order valence-corrected chi connectivity index (χ0v) is 13.5. The number of carboxylic acids is 1. The summed E-state index contributed by atoms with van der Waals surface area (Å²) in [5.41, 5.74) is -3.10. The highest BCUT2D eigenvalue weighted by atomic mass is 35.5. The van der Waals surface area contributed by atoms with E-state index < -0.39 is 63.9 Å². The maximum atomic E-state index is 13.9. The number of rotatable bonds is 5. The molecule has 2 aromatic rings. The molecule has 9 nitrogen and oxygen atoms in total. The first-order valence-electron chi connectivity index (χ1n) is 6.85. The van der Waals surface area contributed by atoms with E-state index in [0.717, 1.165) is 6.07 Å². The van der Waals surface area contributed by atoms with Crippen LogP contribution in [0.4, 0.5) is 15.8 Å². The maximum Gasteiger partial charge on any atom is 0.311 e. The zero-order chi connectivity index (χ0) is 19.8. The predicted molar refractivity (Wildman–Crippen MR) is 85.8 cm³/mol. The summed E-state index contributed by atoms with van der Waals surface area (Å²) in [6, 6.07) is 3.54. The average Bonchev–Trinajstić information content (AvgIpc) is 2.49. The van der Waals surface area contributed by atoms with Gasteiger partial charge in [-0.15, -0.1) is 0 Å². The molecule has 0 amide bonds. The highest BCUT2D eigenvalue weighted by Crippen LogP contribution is 2.50. The molecule has 0 saturated heterocycles. The van der Waals surface area contributed by atoms with Crippen molar-refractivity contribution >= 4 is 28.9 Å². The number of aromatic hydroxyl groups is 3. The van der Waals surface area contributed by atoms with Gasteiger partial charge in [0.05, 0.1) is 22.8 Å². The second kappa shape index (κ2) is 6.84. The van der Waals surface area contributed by atoms with Gasteiger partial charge in [-0.2, -0.15) is 0 Å². The number of aliphatic carboxylic acids is 1. The van der Waals surface area contributed by atoms with Crippen molar-refractivity contribution in [2.75, 3.05) is 5.32 Å². The first-order valence-corrected chi connectivity index (χ1v) is 7.23. The third-order valence-corrected chi connectivity index (χ3v) is 3.71. The van der Waals surface area contributed by atoms with Crippen LogP contribution in [0.25, 0.3) is 0 Å². The Morgan fingerprint density at radius 2 is 1.69 bits per heavy atom. The predicted octanol–water partition coefficient (Wildman–Crippen LogP) is 1.05. The lowest BCUT2D eigenvalue weighted by molar-refractivity contribution is -0.324. The lowest BCUT2D eigenvalue weighted by Gasteiger charge is -2.23. The molecule has 0 atom stereocenters. The number of halogens is 2. The van der Waals surface area contributed by atoms with E-state index in [1.54, 1.807) is 0 Å². The molecule has 11 heteroatoms. The van der Waals surface area contributed by atoms with E-state index in [2.05, 4.69) is 5.32 Å². The summed E-state index contributed by atoms with van der Waals surface area (Å²) >= 11 is 5.83. The Morgan fingerprint density at radius 1 is 1.08 bits per heavy atom. The fourth-order valence-electron chi connectivity index (χ4n) is 2.28. The van der Waals surface area contributed by atoms with Gasteiger partial charge in [-0.1, -0.05) is 17.7 Å². The van der Waals surface area contributed by atoms with E-state index in [4.69, 9.17) is 16.7 Å². The summed E-state index contributed by atoms with van der Waals surface area (Å²) in [7, 11) is 0. The largest absolute Gasteiger partial charge is 0.507 e. The fourth-order valence-corrected chi connectivity index (χ4v) is 2.49. The van der Waals surface area contributed by atoms with Crippen LogP contribution in [0.2, 0.25) is 5.02 Å². The van der Waals surface area contributed by atoms with Crippen LogP contribution in [0.3, 0.4) is 0 Å². The van der Waals surface area contributed by atoms with Crippen molar-refractivity contribution in [1.82, 2.24) is 0 Å². The summed E-state index contributed by atoms with van der Waals surface area (Å²) in [6.07, 6.45) is -1.00. The zero-order valence-electron chi connectivity index (χ0n) is 12.7. The number of benzene rings is 2. The van der Waals surface area contributed by atoms with Crippen molar-refractivity contribution in [2.24, 2.45) is 0 Å². The molecule has 0 aliphatic carbocycles. The van der Waals surface area contributed by atoms with Gasteiger partial charge in [0, 0.05) is 5.56 Å². The average molecular weight is 390 g/mol. The third kappa shape index (κ3) is 3.58. The Labute approximate surface area is 149 Å². The van der Waals surface area contributed by atoms with E-state index in [1.165, 1.54) is 12.1 Å². The smallest absolute Gasteiger partial charge is 0.311 e. The van der Waals surface area contributed by atoms with E-state index in [-0.39, 0.29) is 5.02 Å². The Morgan fingerprint density at radius 3 is 2.19 bits per heavy atom. The Hall–Kier alpha value is -2.79. The molecule has 8 N–H and O–H groups in total. The maximum absolute atomic E-state index is 13.9. The summed E-state index contributed by atoms with van der Waals surface area (Å²) in [5, 5.41) is 68.8. The van der Waals surface area contributed by atoms with Gasteiger partial charge in [-0.25, -0.2) is 4.39 Å². The molecule has 0 aliphatic heterocycles. The molecular weight excluding hydrogens is 377 g/mol. The number of hydrogen-bond donors (Lipinski definition) is 8. The number of para-hydroxylation sites is 1. The number of phenols is 3. The van der Waals surface area contributed by atoms with Crippen molar-refractivity contribution in [3.05, 3.63) is 40.2 Å². The first kappa shape index (κ1) is 19.5. The number of aliphatic hydroxyl groups is 3. The van der Waals surface area contributed by atoms with Gasteiger partial charge in [0.25, 0.3) is 0 Å². The molecule has 0 saturated carbocycles. The van der Waals surface area contributed by atoms with Crippen LogP contribution >= 0.6 is 11.6 Å². The van der Waals surface area contributed by atoms with E-state index in [9.17, 15) is 39.8 Å². The monoisotopic (exact) mass is 389 g/mol. The molecule has 0 heterocycles. The number of anilines is 2. The lowest BCUT2D eigenvalue weighted by Crippen LogP contribution is -2.25. The number of phenolic OH excluding ortho intramolecular Hbond substituents is 3. The molecule has 140 valence electrons. The quantitative estimate of drug-likeness (QED) is 0.211. The van der Waals surface area contributed by atoms with Crippen LogP contribution < -0.4 is 5.32 Å². The van der Waals surface area contributed by atoms with Crippen molar-refractivity contribution < 1.29 is 44.9 Å². The van der Waals surface area contributed by atoms with E-state index >= 15 is 0 Å². The SMILES string of the molecule is O=C(O)Cc1c(O)c(C(O)(O)O)c(O)c(O)c1Nc1c(F)cccc1Cl.